The largest absolute Gasteiger partial charge is 0.346 e. The van der Waals surface area contributed by atoms with Crippen LogP contribution in [0.5, 0.6) is 0 Å². The molecule has 1 saturated carbocycles. The van der Waals surface area contributed by atoms with E-state index in [2.05, 4.69) is 32.5 Å². The zero-order valence-corrected chi connectivity index (χ0v) is 14.6. The lowest BCUT2D eigenvalue weighted by atomic mass is 9.74. The molecule has 2 nitrogen and oxygen atoms in total. The highest BCUT2D eigenvalue weighted by Crippen LogP contribution is 2.49. The molecule has 0 N–H and O–H groups in total. The minimum atomic E-state index is 0.604. The Labute approximate surface area is 133 Å². The van der Waals surface area contributed by atoms with Gasteiger partial charge in [0, 0.05) is 6.04 Å². The van der Waals surface area contributed by atoms with Crippen LogP contribution in [0.25, 0.3) is 0 Å². The summed E-state index contributed by atoms with van der Waals surface area (Å²) in [4.78, 5) is 5.32. The van der Waals surface area contributed by atoms with Crippen molar-refractivity contribution in [1.82, 2.24) is 9.62 Å². The quantitative estimate of drug-likeness (QED) is 0.733. The van der Waals surface area contributed by atoms with E-state index in [1.54, 1.807) is 0 Å². The van der Waals surface area contributed by atoms with Gasteiger partial charge in [-0.3, -0.25) is 0 Å². The van der Waals surface area contributed by atoms with Crippen molar-refractivity contribution in [3.63, 3.8) is 0 Å². The normalized spacial score (nSPS) is 43.2. The molecule has 21 heavy (non-hydrogen) atoms. The Balaban J connectivity index is 1.56. The minimum absolute atomic E-state index is 0.604. The average Bonchev–Trinajstić information content (AvgIpc) is 2.84. The van der Waals surface area contributed by atoms with Crippen LogP contribution in [0.3, 0.4) is 0 Å². The molecule has 3 fully saturated rings. The van der Waals surface area contributed by atoms with Crippen LogP contribution < -0.4 is 0 Å². The zero-order valence-electron chi connectivity index (χ0n) is 14.6. The lowest BCUT2D eigenvalue weighted by Crippen LogP contribution is -2.47. The van der Waals surface area contributed by atoms with Crippen molar-refractivity contribution in [3.05, 3.63) is 0 Å². The number of nitrogens with zero attached hydrogens (tertiary/aromatic N) is 2. The summed E-state index contributed by atoms with van der Waals surface area (Å²) >= 11 is 0. The first-order valence-corrected chi connectivity index (χ1v) is 9.49. The highest BCUT2D eigenvalue weighted by molar-refractivity contribution is 6.04. The molecule has 0 spiro atoms. The SMILES string of the molecule is BN1CCCCC1CC1CCC(C)(C2CCCCN2B)C1. The Morgan fingerprint density at radius 2 is 1.67 bits per heavy atom. The van der Waals surface area contributed by atoms with Gasteiger partial charge in [-0.05, 0) is 81.8 Å². The molecule has 2 heterocycles. The van der Waals surface area contributed by atoms with Crippen LogP contribution in [0.2, 0.25) is 0 Å². The molecule has 4 atom stereocenters. The van der Waals surface area contributed by atoms with E-state index in [1.807, 2.05) is 0 Å². The first-order valence-electron chi connectivity index (χ1n) is 9.49. The second kappa shape index (κ2) is 6.66. The minimum Gasteiger partial charge on any atom is -0.346 e. The van der Waals surface area contributed by atoms with E-state index in [0.717, 1.165) is 18.0 Å². The molecule has 2 aliphatic heterocycles. The van der Waals surface area contributed by atoms with Crippen molar-refractivity contribution >= 4 is 16.0 Å². The van der Waals surface area contributed by atoms with Gasteiger partial charge >= 0.3 is 0 Å². The van der Waals surface area contributed by atoms with Gasteiger partial charge in [-0.15, -0.1) is 0 Å². The van der Waals surface area contributed by atoms with Gasteiger partial charge in [0.2, 0.25) is 0 Å². The summed E-state index contributed by atoms with van der Waals surface area (Å²) in [5, 5.41) is 0. The smallest absolute Gasteiger partial charge is 0.185 e. The summed E-state index contributed by atoms with van der Waals surface area (Å²) < 4.78 is 0. The van der Waals surface area contributed by atoms with Crippen molar-refractivity contribution in [1.29, 1.82) is 0 Å². The van der Waals surface area contributed by atoms with Crippen molar-refractivity contribution in [2.45, 2.75) is 83.2 Å². The Hall–Kier alpha value is 0.0499. The number of piperidine rings is 2. The van der Waals surface area contributed by atoms with Gasteiger partial charge in [0.1, 0.15) is 0 Å². The van der Waals surface area contributed by atoms with E-state index in [4.69, 9.17) is 0 Å². The summed E-state index contributed by atoms with van der Waals surface area (Å²) in [6, 6.07) is 1.75. The van der Waals surface area contributed by atoms with E-state index in [9.17, 15) is 0 Å². The highest BCUT2D eigenvalue weighted by atomic mass is 15.1. The van der Waals surface area contributed by atoms with Gasteiger partial charge in [-0.2, -0.15) is 0 Å². The summed E-state index contributed by atoms with van der Waals surface area (Å²) in [5.74, 6) is 0.996. The first kappa shape index (κ1) is 15.9. The Kier molecular flexibility index (Phi) is 5.05. The molecule has 4 unspecified atom stereocenters. The van der Waals surface area contributed by atoms with E-state index in [1.165, 1.54) is 77.3 Å². The maximum Gasteiger partial charge on any atom is 0.185 e. The second-order valence-corrected chi connectivity index (χ2v) is 8.62. The van der Waals surface area contributed by atoms with Gasteiger partial charge in [0.15, 0.2) is 16.0 Å². The molecular formula is C17H34B2N2. The number of hydrogen-bond donors (Lipinski definition) is 0. The van der Waals surface area contributed by atoms with E-state index >= 15 is 0 Å². The summed E-state index contributed by atoms with van der Waals surface area (Å²) in [7, 11) is 4.73. The van der Waals surface area contributed by atoms with Gasteiger partial charge in [-0.25, -0.2) is 0 Å². The van der Waals surface area contributed by atoms with Crippen LogP contribution in [0.1, 0.15) is 71.1 Å². The van der Waals surface area contributed by atoms with Crippen LogP contribution in [0.15, 0.2) is 0 Å². The zero-order chi connectivity index (χ0) is 14.9. The third-order valence-corrected chi connectivity index (χ3v) is 6.98. The van der Waals surface area contributed by atoms with Crippen molar-refractivity contribution in [2.24, 2.45) is 11.3 Å². The lowest BCUT2D eigenvalue weighted by molar-refractivity contribution is 0.106. The van der Waals surface area contributed by atoms with Crippen LogP contribution in [0.4, 0.5) is 0 Å². The maximum absolute atomic E-state index is 2.68. The number of rotatable bonds is 3. The standard InChI is InChI=1S/C17H34B2N2/c1-17(16-7-3-5-11-21(16)19)9-8-14(13-17)12-15-6-2-4-10-20(15)18/h14-16H,2-13,18-19H2,1H3. The predicted molar refractivity (Wildman–Crippen MR) is 95.8 cm³/mol. The summed E-state index contributed by atoms with van der Waals surface area (Å²) in [6.45, 7) is 5.26. The Morgan fingerprint density at radius 3 is 2.38 bits per heavy atom. The van der Waals surface area contributed by atoms with Gasteiger partial charge < -0.3 is 9.62 Å². The Bertz CT molecular complexity index is 352. The fraction of sp³-hybridized carbons (Fsp3) is 1.00. The van der Waals surface area contributed by atoms with Crippen LogP contribution in [0, 0.1) is 11.3 Å². The topological polar surface area (TPSA) is 6.48 Å². The highest BCUT2D eigenvalue weighted by Gasteiger charge is 2.43. The third-order valence-electron chi connectivity index (χ3n) is 6.98. The fourth-order valence-electron chi connectivity index (χ4n) is 5.68. The molecule has 2 saturated heterocycles. The molecule has 3 rings (SSSR count). The van der Waals surface area contributed by atoms with Gasteiger partial charge in [-0.1, -0.05) is 19.8 Å². The average molecular weight is 288 g/mol. The predicted octanol–water partition coefficient (Wildman–Crippen LogP) is 1.99. The van der Waals surface area contributed by atoms with Crippen LogP contribution in [-0.2, 0) is 0 Å². The molecule has 3 aliphatic rings. The molecule has 4 heteroatoms. The number of hydrogen-bond acceptors (Lipinski definition) is 2. The summed E-state index contributed by atoms with van der Waals surface area (Å²) in [6.07, 6.45) is 14.6. The van der Waals surface area contributed by atoms with Crippen molar-refractivity contribution < 1.29 is 0 Å². The van der Waals surface area contributed by atoms with Crippen LogP contribution >= 0.6 is 0 Å². The van der Waals surface area contributed by atoms with Crippen molar-refractivity contribution in [3.8, 4) is 0 Å². The molecule has 0 aromatic carbocycles. The Morgan fingerprint density at radius 1 is 0.952 bits per heavy atom. The second-order valence-electron chi connectivity index (χ2n) is 8.62. The van der Waals surface area contributed by atoms with Gasteiger partial charge in [0.05, 0.1) is 0 Å². The van der Waals surface area contributed by atoms with Crippen LogP contribution in [-0.4, -0.2) is 50.8 Å². The first-order chi connectivity index (χ1) is 10.1. The van der Waals surface area contributed by atoms with Gasteiger partial charge in [0.25, 0.3) is 0 Å². The molecule has 1 aliphatic carbocycles. The van der Waals surface area contributed by atoms with E-state index in [-0.39, 0.29) is 0 Å². The fourth-order valence-corrected chi connectivity index (χ4v) is 5.68. The molecule has 0 bridgehead atoms. The third kappa shape index (κ3) is 3.52. The lowest BCUT2D eigenvalue weighted by Gasteiger charge is -2.44. The maximum atomic E-state index is 2.68. The molecule has 0 radical (unpaired) electrons. The molecule has 0 aromatic rings. The molecule has 0 amide bonds. The molecular weight excluding hydrogens is 254 g/mol. The van der Waals surface area contributed by atoms with Crippen molar-refractivity contribution in [2.75, 3.05) is 13.1 Å². The monoisotopic (exact) mass is 288 g/mol. The van der Waals surface area contributed by atoms with E-state index < -0.39 is 0 Å². The van der Waals surface area contributed by atoms with E-state index in [0.29, 0.717) is 5.41 Å². The molecule has 0 aromatic heterocycles. The molecule has 118 valence electrons. The summed E-state index contributed by atoms with van der Waals surface area (Å²) in [5.41, 5.74) is 0.604.